The number of nitrogens with two attached hydrogens (primary N) is 1. The fourth-order valence-electron chi connectivity index (χ4n) is 3.76. The van der Waals surface area contributed by atoms with E-state index in [0.29, 0.717) is 0 Å². The number of rotatable bonds is 19. The minimum Gasteiger partial charge on any atom is -0.268 e. The average molecular weight is 391 g/mol. The second kappa shape index (κ2) is 20.9. The van der Waals surface area contributed by atoms with Crippen molar-refractivity contribution in [2.75, 3.05) is 6.54 Å². The van der Waals surface area contributed by atoms with E-state index in [1.165, 1.54) is 108 Å². The molecule has 0 heterocycles. The van der Waals surface area contributed by atoms with Gasteiger partial charge in [0.1, 0.15) is 0 Å². The molecule has 0 amide bonds. The first-order valence-electron chi connectivity index (χ1n) is 11.9. The smallest absolute Gasteiger partial charge is 0.0379 e. The minimum absolute atomic E-state index is 0. The largest absolute Gasteiger partial charge is 0.268 e. The third kappa shape index (κ3) is 17.3. The van der Waals surface area contributed by atoms with E-state index in [0.717, 1.165) is 13.1 Å². The summed E-state index contributed by atoms with van der Waals surface area (Å²) in [7, 11) is 0. The van der Waals surface area contributed by atoms with Crippen molar-refractivity contribution in [2.24, 2.45) is 5.84 Å². The molecule has 0 aliphatic carbocycles. The van der Waals surface area contributed by atoms with Crippen LogP contribution in [0.5, 0.6) is 0 Å². The van der Waals surface area contributed by atoms with Crippen molar-refractivity contribution in [3.8, 4) is 0 Å². The fraction of sp³-hybridized carbons (Fsp3) is 0.769. The Hall–Kier alpha value is -0.860. The summed E-state index contributed by atoms with van der Waals surface area (Å²) in [4.78, 5) is 0. The van der Waals surface area contributed by atoms with E-state index in [9.17, 15) is 0 Å². The Balaban J connectivity index is 0.00000729. The van der Waals surface area contributed by atoms with Crippen LogP contribution in [-0.2, 0) is 6.54 Å². The van der Waals surface area contributed by atoms with Crippen molar-refractivity contribution >= 4 is 0 Å². The molecule has 0 unspecified atom stereocenters. The molecule has 0 radical (unpaired) electrons. The van der Waals surface area contributed by atoms with Gasteiger partial charge in [0.15, 0.2) is 0 Å². The highest BCUT2D eigenvalue weighted by atomic mass is 15.4. The standard InChI is InChI=1S/C25H46N2.CH4/c1-2-3-4-5-6-7-8-9-10-11-12-13-14-15-16-20-23-27(26)24-25-21-18-17-19-22-25;/h17-19,21-22H,2-16,20,23-24,26H2,1H3;1H4. The summed E-state index contributed by atoms with van der Waals surface area (Å²) in [6.45, 7) is 4.16. The van der Waals surface area contributed by atoms with Gasteiger partial charge in [0.25, 0.3) is 0 Å². The molecule has 0 atom stereocenters. The Labute approximate surface area is 177 Å². The molecule has 2 nitrogen and oxygen atoms in total. The van der Waals surface area contributed by atoms with Crippen LogP contribution in [0, 0.1) is 0 Å². The van der Waals surface area contributed by atoms with Gasteiger partial charge in [-0.3, -0.25) is 5.84 Å². The van der Waals surface area contributed by atoms with Gasteiger partial charge in [-0.1, -0.05) is 141 Å². The maximum absolute atomic E-state index is 6.10. The van der Waals surface area contributed by atoms with Crippen LogP contribution in [0.2, 0.25) is 0 Å². The van der Waals surface area contributed by atoms with E-state index in [1.807, 2.05) is 5.01 Å². The monoisotopic (exact) mass is 390 g/mol. The first-order valence-corrected chi connectivity index (χ1v) is 11.9. The predicted octanol–water partition coefficient (Wildman–Crippen LogP) is 8.26. The van der Waals surface area contributed by atoms with E-state index in [-0.39, 0.29) is 7.43 Å². The van der Waals surface area contributed by atoms with Crippen molar-refractivity contribution in [1.82, 2.24) is 5.01 Å². The van der Waals surface area contributed by atoms with Crippen LogP contribution in [0.15, 0.2) is 30.3 Å². The Morgan fingerprint density at radius 3 is 1.43 bits per heavy atom. The van der Waals surface area contributed by atoms with Crippen LogP contribution < -0.4 is 5.84 Å². The van der Waals surface area contributed by atoms with E-state index in [4.69, 9.17) is 5.84 Å². The molecule has 28 heavy (non-hydrogen) atoms. The first kappa shape index (κ1) is 27.1. The minimum atomic E-state index is 0. The molecule has 0 aliphatic rings. The van der Waals surface area contributed by atoms with E-state index in [2.05, 4.69) is 37.3 Å². The van der Waals surface area contributed by atoms with Crippen molar-refractivity contribution < 1.29 is 0 Å². The number of benzene rings is 1. The first-order chi connectivity index (χ1) is 13.3. The summed E-state index contributed by atoms with van der Waals surface area (Å²) < 4.78 is 0. The van der Waals surface area contributed by atoms with Crippen LogP contribution in [0.4, 0.5) is 0 Å². The summed E-state index contributed by atoms with van der Waals surface area (Å²) in [5, 5.41) is 1.96. The molecule has 0 aliphatic heterocycles. The number of hydrazine groups is 1. The third-order valence-corrected chi connectivity index (χ3v) is 5.53. The SMILES string of the molecule is C.CCCCCCCCCCCCCCCCCCN(N)Cc1ccccc1. The lowest BCUT2D eigenvalue weighted by Gasteiger charge is -2.16. The van der Waals surface area contributed by atoms with Gasteiger partial charge in [-0.15, -0.1) is 0 Å². The van der Waals surface area contributed by atoms with Crippen LogP contribution in [0.3, 0.4) is 0 Å². The third-order valence-electron chi connectivity index (χ3n) is 5.53. The lowest BCUT2D eigenvalue weighted by molar-refractivity contribution is 0.267. The van der Waals surface area contributed by atoms with Gasteiger partial charge >= 0.3 is 0 Å². The summed E-state index contributed by atoms with van der Waals surface area (Å²) >= 11 is 0. The summed E-state index contributed by atoms with van der Waals surface area (Å²) in [5.41, 5.74) is 1.30. The molecular formula is C26H50N2. The second-order valence-electron chi connectivity index (χ2n) is 8.26. The second-order valence-corrected chi connectivity index (χ2v) is 8.26. The van der Waals surface area contributed by atoms with Gasteiger partial charge in [0.05, 0.1) is 0 Å². The molecule has 0 aromatic heterocycles. The molecule has 2 N–H and O–H groups in total. The van der Waals surface area contributed by atoms with Gasteiger partial charge in [-0.25, -0.2) is 5.01 Å². The molecule has 0 saturated carbocycles. The van der Waals surface area contributed by atoms with Gasteiger partial charge in [-0.05, 0) is 12.0 Å². The molecule has 0 bridgehead atoms. The molecule has 2 heteroatoms. The van der Waals surface area contributed by atoms with E-state index in [1.54, 1.807) is 0 Å². The molecular weight excluding hydrogens is 340 g/mol. The van der Waals surface area contributed by atoms with Crippen LogP contribution in [-0.4, -0.2) is 11.6 Å². The lowest BCUT2D eigenvalue weighted by Crippen LogP contribution is -2.31. The van der Waals surface area contributed by atoms with Crippen molar-refractivity contribution in [3.63, 3.8) is 0 Å². The molecule has 1 aromatic carbocycles. The average Bonchev–Trinajstić information content (AvgIpc) is 2.68. The Kier molecular flexibility index (Phi) is 20.2. The lowest BCUT2D eigenvalue weighted by atomic mass is 10.0. The number of hydrogen-bond acceptors (Lipinski definition) is 2. The molecule has 1 aromatic rings. The topological polar surface area (TPSA) is 29.3 Å². The zero-order valence-corrected chi connectivity index (χ0v) is 18.1. The fourth-order valence-corrected chi connectivity index (χ4v) is 3.76. The molecule has 164 valence electrons. The van der Waals surface area contributed by atoms with E-state index < -0.39 is 0 Å². The highest BCUT2D eigenvalue weighted by molar-refractivity contribution is 5.14. The summed E-state index contributed by atoms with van der Waals surface area (Å²) in [6.07, 6.45) is 22.6. The zero-order chi connectivity index (χ0) is 19.4. The van der Waals surface area contributed by atoms with Crippen molar-refractivity contribution in [1.29, 1.82) is 0 Å². The van der Waals surface area contributed by atoms with Crippen molar-refractivity contribution in [2.45, 2.75) is 124 Å². The Morgan fingerprint density at radius 2 is 1.00 bits per heavy atom. The molecule has 1 rings (SSSR count). The highest BCUT2D eigenvalue weighted by Gasteiger charge is 2.00. The van der Waals surface area contributed by atoms with Gasteiger partial charge in [0.2, 0.25) is 0 Å². The number of hydrogen-bond donors (Lipinski definition) is 1. The summed E-state index contributed by atoms with van der Waals surface area (Å²) in [5.74, 6) is 6.10. The van der Waals surface area contributed by atoms with Crippen LogP contribution in [0.25, 0.3) is 0 Å². The number of nitrogens with zero attached hydrogens (tertiary/aromatic N) is 1. The molecule has 0 saturated heterocycles. The zero-order valence-electron chi connectivity index (χ0n) is 18.1. The van der Waals surface area contributed by atoms with E-state index >= 15 is 0 Å². The van der Waals surface area contributed by atoms with Gasteiger partial charge in [-0.2, -0.15) is 0 Å². The van der Waals surface area contributed by atoms with Crippen molar-refractivity contribution in [3.05, 3.63) is 35.9 Å². The van der Waals surface area contributed by atoms with Crippen LogP contribution in [0.1, 0.15) is 123 Å². The Bertz CT molecular complexity index is 404. The highest BCUT2D eigenvalue weighted by Crippen LogP contribution is 2.13. The number of unbranched alkanes of at least 4 members (excludes halogenated alkanes) is 15. The summed E-state index contributed by atoms with van der Waals surface area (Å²) in [6, 6.07) is 10.5. The quantitative estimate of drug-likeness (QED) is 0.146. The van der Waals surface area contributed by atoms with Gasteiger partial charge in [0, 0.05) is 13.1 Å². The van der Waals surface area contributed by atoms with Crippen LogP contribution >= 0.6 is 0 Å². The molecule has 0 fully saturated rings. The maximum atomic E-state index is 6.10. The Morgan fingerprint density at radius 1 is 0.607 bits per heavy atom. The van der Waals surface area contributed by atoms with Gasteiger partial charge < -0.3 is 0 Å². The maximum Gasteiger partial charge on any atom is 0.0379 e. The predicted molar refractivity (Wildman–Crippen MR) is 127 cm³/mol. The normalized spacial score (nSPS) is 11.0. The molecule has 0 spiro atoms.